The summed E-state index contributed by atoms with van der Waals surface area (Å²) in [7, 11) is 0. The first-order chi connectivity index (χ1) is 10.0. The van der Waals surface area contributed by atoms with Gasteiger partial charge in [0, 0.05) is 24.7 Å². The number of ether oxygens (including phenoxy) is 1. The van der Waals surface area contributed by atoms with Gasteiger partial charge in [-0.3, -0.25) is 4.79 Å². The minimum atomic E-state index is -0.575. The van der Waals surface area contributed by atoms with E-state index >= 15 is 0 Å². The summed E-state index contributed by atoms with van der Waals surface area (Å²) in [5.74, 6) is -0.0450. The number of imidazole rings is 1. The van der Waals surface area contributed by atoms with Crippen molar-refractivity contribution in [2.24, 2.45) is 0 Å². The molecule has 2 aromatic rings. The molecule has 112 valence electrons. The SMILES string of the molecule is CCO[C@@H](C)C(=O)Nc1ccc(-n2ccnc2C)c(F)c1. The molecule has 6 heteroatoms. The second-order valence-corrected chi connectivity index (χ2v) is 4.60. The van der Waals surface area contributed by atoms with Crippen LogP contribution in [0.2, 0.25) is 0 Å². The number of nitrogens with zero attached hydrogens (tertiary/aromatic N) is 2. The summed E-state index contributed by atoms with van der Waals surface area (Å²) in [5.41, 5.74) is 0.784. The fourth-order valence-corrected chi connectivity index (χ4v) is 1.98. The monoisotopic (exact) mass is 291 g/mol. The lowest BCUT2D eigenvalue weighted by Crippen LogP contribution is -2.27. The number of hydrogen-bond acceptors (Lipinski definition) is 3. The maximum Gasteiger partial charge on any atom is 0.253 e. The van der Waals surface area contributed by atoms with Crippen LogP contribution in [0.4, 0.5) is 10.1 Å². The molecule has 0 aliphatic rings. The van der Waals surface area contributed by atoms with Gasteiger partial charge in [-0.05, 0) is 39.0 Å². The standard InChI is InChI=1S/C15H18FN3O2/c1-4-21-10(2)15(20)18-12-5-6-14(13(16)9-12)19-8-7-17-11(19)3/h5-10H,4H2,1-3H3,(H,18,20)/t10-/m0/s1. The Balaban J connectivity index is 2.16. The number of hydrogen-bond donors (Lipinski definition) is 1. The lowest BCUT2D eigenvalue weighted by atomic mass is 10.2. The van der Waals surface area contributed by atoms with Crippen LogP contribution in [0, 0.1) is 12.7 Å². The normalized spacial score (nSPS) is 12.2. The second kappa shape index (κ2) is 6.49. The zero-order valence-electron chi connectivity index (χ0n) is 12.3. The molecule has 1 N–H and O–H groups in total. The zero-order chi connectivity index (χ0) is 15.4. The van der Waals surface area contributed by atoms with E-state index in [4.69, 9.17) is 4.74 Å². The van der Waals surface area contributed by atoms with E-state index in [-0.39, 0.29) is 5.91 Å². The predicted octanol–water partition coefficient (Wildman–Crippen LogP) is 2.68. The van der Waals surface area contributed by atoms with Crippen molar-refractivity contribution in [3.05, 3.63) is 42.2 Å². The summed E-state index contributed by atoms with van der Waals surface area (Å²) < 4.78 is 21.0. The molecule has 1 atom stereocenters. The van der Waals surface area contributed by atoms with Crippen LogP contribution >= 0.6 is 0 Å². The van der Waals surface area contributed by atoms with Gasteiger partial charge in [0.2, 0.25) is 0 Å². The van der Waals surface area contributed by atoms with Crippen molar-refractivity contribution < 1.29 is 13.9 Å². The lowest BCUT2D eigenvalue weighted by molar-refractivity contribution is -0.126. The van der Waals surface area contributed by atoms with Crippen molar-refractivity contribution in [1.29, 1.82) is 0 Å². The summed E-state index contributed by atoms with van der Waals surface area (Å²) in [4.78, 5) is 15.9. The van der Waals surface area contributed by atoms with Gasteiger partial charge in [-0.15, -0.1) is 0 Å². The van der Waals surface area contributed by atoms with Gasteiger partial charge in [-0.25, -0.2) is 9.37 Å². The van der Waals surface area contributed by atoms with Crippen LogP contribution in [0.3, 0.4) is 0 Å². The van der Waals surface area contributed by atoms with Crippen LogP contribution in [0.1, 0.15) is 19.7 Å². The smallest absolute Gasteiger partial charge is 0.253 e. The Kier molecular flexibility index (Phi) is 4.70. The molecule has 0 aliphatic heterocycles. The van der Waals surface area contributed by atoms with Crippen LogP contribution in [0.15, 0.2) is 30.6 Å². The molecule has 0 aliphatic carbocycles. The van der Waals surface area contributed by atoms with Crippen molar-refractivity contribution in [2.45, 2.75) is 26.9 Å². The van der Waals surface area contributed by atoms with E-state index in [1.807, 2.05) is 6.92 Å². The molecule has 1 aromatic carbocycles. The highest BCUT2D eigenvalue weighted by molar-refractivity contribution is 5.93. The number of carbonyl (C=O) groups is 1. The Bertz CT molecular complexity index is 640. The van der Waals surface area contributed by atoms with E-state index in [1.54, 1.807) is 42.9 Å². The van der Waals surface area contributed by atoms with Gasteiger partial charge in [0.05, 0.1) is 5.69 Å². The van der Waals surface area contributed by atoms with Gasteiger partial charge in [0.1, 0.15) is 17.7 Å². The summed E-state index contributed by atoms with van der Waals surface area (Å²) in [6.07, 6.45) is 2.71. The van der Waals surface area contributed by atoms with E-state index in [0.29, 0.717) is 23.8 Å². The van der Waals surface area contributed by atoms with Gasteiger partial charge in [0.25, 0.3) is 5.91 Å². The Morgan fingerprint density at radius 1 is 1.52 bits per heavy atom. The average Bonchev–Trinajstić information content (AvgIpc) is 2.85. The highest BCUT2D eigenvalue weighted by Crippen LogP contribution is 2.19. The van der Waals surface area contributed by atoms with Gasteiger partial charge < -0.3 is 14.6 Å². The molecule has 0 bridgehead atoms. The summed E-state index contributed by atoms with van der Waals surface area (Å²) in [6.45, 7) is 5.70. The highest BCUT2D eigenvalue weighted by atomic mass is 19.1. The summed E-state index contributed by atoms with van der Waals surface area (Å²) >= 11 is 0. The molecule has 0 spiro atoms. The van der Waals surface area contributed by atoms with E-state index in [9.17, 15) is 9.18 Å². The summed E-state index contributed by atoms with van der Waals surface area (Å²) in [5, 5.41) is 2.63. The summed E-state index contributed by atoms with van der Waals surface area (Å²) in [6, 6.07) is 4.53. The number of carbonyl (C=O) groups excluding carboxylic acids is 1. The Morgan fingerprint density at radius 2 is 2.29 bits per heavy atom. The first-order valence-corrected chi connectivity index (χ1v) is 6.75. The molecule has 2 rings (SSSR count). The van der Waals surface area contributed by atoms with Gasteiger partial charge in [0.15, 0.2) is 0 Å². The van der Waals surface area contributed by atoms with Crippen LogP contribution in [-0.2, 0) is 9.53 Å². The Morgan fingerprint density at radius 3 is 2.86 bits per heavy atom. The maximum absolute atomic E-state index is 14.2. The van der Waals surface area contributed by atoms with Gasteiger partial charge >= 0.3 is 0 Å². The molecule has 1 aromatic heterocycles. The van der Waals surface area contributed by atoms with Crippen LogP contribution in [-0.4, -0.2) is 28.2 Å². The average molecular weight is 291 g/mol. The minimum absolute atomic E-state index is 0.303. The highest BCUT2D eigenvalue weighted by Gasteiger charge is 2.14. The Hall–Kier alpha value is -2.21. The fraction of sp³-hybridized carbons (Fsp3) is 0.333. The van der Waals surface area contributed by atoms with Crippen LogP contribution in [0.25, 0.3) is 5.69 Å². The zero-order valence-corrected chi connectivity index (χ0v) is 12.3. The third-order valence-electron chi connectivity index (χ3n) is 3.09. The quantitative estimate of drug-likeness (QED) is 0.921. The first-order valence-electron chi connectivity index (χ1n) is 6.75. The second-order valence-electron chi connectivity index (χ2n) is 4.60. The minimum Gasteiger partial charge on any atom is -0.369 e. The van der Waals surface area contributed by atoms with E-state index < -0.39 is 11.9 Å². The number of rotatable bonds is 5. The third kappa shape index (κ3) is 3.46. The topological polar surface area (TPSA) is 56.1 Å². The number of amides is 1. The number of halogens is 1. The molecule has 1 amide bonds. The third-order valence-corrected chi connectivity index (χ3v) is 3.09. The molecule has 1 heterocycles. The molecule has 5 nitrogen and oxygen atoms in total. The van der Waals surface area contributed by atoms with Crippen molar-refractivity contribution >= 4 is 11.6 Å². The Labute approximate surface area is 122 Å². The van der Waals surface area contributed by atoms with Crippen molar-refractivity contribution in [2.75, 3.05) is 11.9 Å². The van der Waals surface area contributed by atoms with Crippen molar-refractivity contribution in [3.8, 4) is 5.69 Å². The van der Waals surface area contributed by atoms with Crippen LogP contribution < -0.4 is 5.32 Å². The van der Waals surface area contributed by atoms with Crippen molar-refractivity contribution in [1.82, 2.24) is 9.55 Å². The maximum atomic E-state index is 14.2. The molecule has 0 saturated carbocycles. The number of nitrogens with one attached hydrogen (secondary N) is 1. The van der Waals surface area contributed by atoms with Gasteiger partial charge in [-0.1, -0.05) is 0 Å². The van der Waals surface area contributed by atoms with Crippen LogP contribution in [0.5, 0.6) is 0 Å². The van der Waals surface area contributed by atoms with E-state index in [0.717, 1.165) is 0 Å². The number of benzene rings is 1. The van der Waals surface area contributed by atoms with E-state index in [2.05, 4.69) is 10.3 Å². The molecule has 0 unspecified atom stereocenters. The number of aromatic nitrogens is 2. The van der Waals surface area contributed by atoms with Gasteiger partial charge in [-0.2, -0.15) is 0 Å². The molecule has 0 fully saturated rings. The molecule has 0 saturated heterocycles. The van der Waals surface area contributed by atoms with E-state index in [1.165, 1.54) is 6.07 Å². The molecular weight excluding hydrogens is 273 g/mol. The largest absolute Gasteiger partial charge is 0.369 e. The molecular formula is C15H18FN3O2. The lowest BCUT2D eigenvalue weighted by Gasteiger charge is -2.13. The van der Waals surface area contributed by atoms with Crippen molar-refractivity contribution in [3.63, 3.8) is 0 Å². The fourth-order valence-electron chi connectivity index (χ4n) is 1.98. The molecule has 21 heavy (non-hydrogen) atoms. The first kappa shape index (κ1) is 15.2. The number of aryl methyl sites for hydroxylation is 1. The number of anilines is 1. The predicted molar refractivity (Wildman–Crippen MR) is 78.0 cm³/mol. The molecule has 0 radical (unpaired) electrons.